The number of aryl methyl sites for hydroxylation is 1. The molecule has 0 aliphatic carbocycles. The summed E-state index contributed by atoms with van der Waals surface area (Å²) in [5, 5.41) is 3.36. The number of aliphatic imine (C=N–C) groups is 1. The van der Waals surface area contributed by atoms with Crippen molar-refractivity contribution < 1.29 is 0 Å². The fraction of sp³-hybridized carbons (Fsp3) is 0.346. The first-order valence-electron chi connectivity index (χ1n) is 10.6. The number of hydrogen-bond acceptors (Lipinski definition) is 3. The Morgan fingerprint density at radius 2 is 2.10 bits per heavy atom. The zero-order valence-electron chi connectivity index (χ0n) is 18.2. The number of nitrogens with zero attached hydrogens (tertiary/aromatic N) is 1. The van der Waals surface area contributed by atoms with Crippen LogP contribution in [-0.2, 0) is 6.42 Å². The molecule has 2 aromatic carbocycles. The molecule has 2 aromatic rings. The highest BCUT2D eigenvalue weighted by atomic mass is 14.9. The molecule has 1 aliphatic rings. The normalized spacial score (nSPS) is 16.2. The molecule has 0 spiro atoms. The number of rotatable bonds is 7. The van der Waals surface area contributed by atoms with Crippen molar-refractivity contribution in [1.82, 2.24) is 0 Å². The molecule has 2 unspecified atom stereocenters. The van der Waals surface area contributed by atoms with Gasteiger partial charge in [0.25, 0.3) is 0 Å². The lowest BCUT2D eigenvalue weighted by atomic mass is 9.83. The van der Waals surface area contributed by atoms with Gasteiger partial charge in [0, 0.05) is 17.5 Å². The topological polar surface area (TPSA) is 50.4 Å². The van der Waals surface area contributed by atoms with E-state index in [9.17, 15) is 0 Å². The van der Waals surface area contributed by atoms with Crippen LogP contribution in [0.2, 0.25) is 0 Å². The third kappa shape index (κ3) is 4.00. The van der Waals surface area contributed by atoms with Crippen LogP contribution < -0.4 is 11.1 Å². The van der Waals surface area contributed by atoms with Crippen LogP contribution in [0.5, 0.6) is 0 Å². The van der Waals surface area contributed by atoms with E-state index in [1.54, 1.807) is 6.20 Å². The van der Waals surface area contributed by atoms with Crippen LogP contribution in [0.1, 0.15) is 61.8 Å². The summed E-state index contributed by atoms with van der Waals surface area (Å²) in [5.74, 6) is 0.902. The Labute approximate surface area is 175 Å². The van der Waals surface area contributed by atoms with E-state index >= 15 is 0 Å². The van der Waals surface area contributed by atoms with E-state index in [0.717, 1.165) is 41.8 Å². The molecule has 29 heavy (non-hydrogen) atoms. The van der Waals surface area contributed by atoms with Crippen molar-refractivity contribution in [3.63, 3.8) is 0 Å². The summed E-state index contributed by atoms with van der Waals surface area (Å²) in [6.07, 6.45) is 7.06. The van der Waals surface area contributed by atoms with E-state index in [1.807, 2.05) is 0 Å². The van der Waals surface area contributed by atoms with Gasteiger partial charge in [0.1, 0.15) is 0 Å². The summed E-state index contributed by atoms with van der Waals surface area (Å²) in [4.78, 5) is 4.76. The molecule has 1 aliphatic heterocycles. The first kappa shape index (κ1) is 20.9. The van der Waals surface area contributed by atoms with Crippen LogP contribution in [0.15, 0.2) is 48.6 Å². The number of anilines is 1. The Morgan fingerprint density at radius 1 is 1.34 bits per heavy atom. The number of nitrogens with two attached hydrogens (primary N) is 1. The van der Waals surface area contributed by atoms with Crippen LogP contribution in [0.4, 0.5) is 11.4 Å². The van der Waals surface area contributed by atoms with Crippen LogP contribution in [-0.4, -0.2) is 6.21 Å². The highest BCUT2D eigenvalue weighted by Gasteiger charge is 2.22. The van der Waals surface area contributed by atoms with Crippen molar-refractivity contribution in [1.29, 1.82) is 0 Å². The minimum atomic E-state index is 0.357. The van der Waals surface area contributed by atoms with Gasteiger partial charge in [-0.05, 0) is 78.1 Å². The average molecular weight is 388 g/mol. The van der Waals surface area contributed by atoms with Gasteiger partial charge >= 0.3 is 0 Å². The number of nitrogens with one attached hydrogen (secondary N) is 1. The van der Waals surface area contributed by atoms with Crippen LogP contribution in [0, 0.1) is 12.8 Å². The van der Waals surface area contributed by atoms with Crippen molar-refractivity contribution in [3.8, 4) is 11.1 Å². The van der Waals surface area contributed by atoms with E-state index < -0.39 is 0 Å². The van der Waals surface area contributed by atoms with Gasteiger partial charge in [-0.3, -0.25) is 4.99 Å². The molecule has 3 rings (SSSR count). The van der Waals surface area contributed by atoms with Crippen molar-refractivity contribution in [2.45, 2.75) is 52.9 Å². The molecule has 0 bridgehead atoms. The van der Waals surface area contributed by atoms with E-state index in [-0.39, 0.29) is 0 Å². The van der Waals surface area contributed by atoms with Gasteiger partial charge < -0.3 is 11.1 Å². The predicted molar refractivity (Wildman–Crippen MR) is 128 cm³/mol. The number of fused-ring (bicyclic) bond motifs is 1. The minimum absolute atomic E-state index is 0.357. The Kier molecular flexibility index (Phi) is 6.26. The van der Waals surface area contributed by atoms with Crippen LogP contribution in [0.3, 0.4) is 0 Å². The summed E-state index contributed by atoms with van der Waals surface area (Å²) in [6, 6.07) is 8.96. The van der Waals surface area contributed by atoms with E-state index in [1.165, 1.54) is 22.3 Å². The van der Waals surface area contributed by atoms with Crippen LogP contribution >= 0.6 is 0 Å². The number of benzene rings is 2. The third-order valence-corrected chi connectivity index (χ3v) is 6.06. The highest BCUT2D eigenvalue weighted by molar-refractivity contribution is 5.87. The molecule has 1 heterocycles. The Morgan fingerprint density at radius 3 is 2.72 bits per heavy atom. The van der Waals surface area contributed by atoms with Gasteiger partial charge in [-0.25, -0.2) is 0 Å². The van der Waals surface area contributed by atoms with Gasteiger partial charge in [0.05, 0.1) is 11.4 Å². The lowest BCUT2D eigenvalue weighted by Crippen LogP contribution is -2.10. The summed E-state index contributed by atoms with van der Waals surface area (Å²) >= 11 is 0. The zero-order chi connectivity index (χ0) is 21.1. The predicted octanol–water partition coefficient (Wildman–Crippen LogP) is 6.94. The van der Waals surface area contributed by atoms with Gasteiger partial charge in [-0.2, -0.15) is 0 Å². The maximum atomic E-state index is 6.17. The summed E-state index contributed by atoms with van der Waals surface area (Å²) in [7, 11) is 0. The first-order chi connectivity index (χ1) is 13.9. The molecule has 2 atom stereocenters. The molecular weight excluding hydrogens is 354 g/mol. The molecule has 3 nitrogen and oxygen atoms in total. The second-order valence-corrected chi connectivity index (χ2v) is 8.08. The highest BCUT2D eigenvalue weighted by Crippen LogP contribution is 2.43. The molecule has 0 fully saturated rings. The third-order valence-electron chi connectivity index (χ3n) is 6.06. The molecule has 0 amide bonds. The SMILES string of the molecule is C=CNc1c(C(=C)N)c(C)cc(-c2ccc3c(c2)N=CC(CC)C3)c1C(C)CC. The van der Waals surface area contributed by atoms with Crippen LogP contribution in [0.25, 0.3) is 16.8 Å². The van der Waals surface area contributed by atoms with E-state index in [2.05, 4.69) is 76.6 Å². The standard InChI is InChI=1S/C26H33N3/c1-7-16(4)25-22(12-17(5)24(18(6)27)26(25)28-9-3)20-10-11-21-13-19(8-2)15-29-23(21)14-20/h9-12,14-16,19,28H,3,6-8,13,27H2,1-2,4-5H3. The van der Waals surface area contributed by atoms with Crippen molar-refractivity contribution in [2.24, 2.45) is 16.6 Å². The quantitative estimate of drug-likeness (QED) is 0.540. The molecule has 0 saturated carbocycles. The zero-order valence-corrected chi connectivity index (χ0v) is 18.2. The Balaban J connectivity index is 2.24. The maximum Gasteiger partial charge on any atom is 0.0664 e. The summed E-state index contributed by atoms with van der Waals surface area (Å²) in [6.45, 7) is 16.7. The van der Waals surface area contributed by atoms with E-state index in [0.29, 0.717) is 17.5 Å². The Hall–Kier alpha value is -2.81. The lowest BCUT2D eigenvalue weighted by Gasteiger charge is -2.25. The van der Waals surface area contributed by atoms with E-state index in [4.69, 9.17) is 10.7 Å². The molecule has 0 aromatic heterocycles. The summed E-state index contributed by atoms with van der Waals surface area (Å²) < 4.78 is 0. The maximum absolute atomic E-state index is 6.17. The second-order valence-electron chi connectivity index (χ2n) is 8.08. The fourth-order valence-electron chi connectivity index (χ4n) is 4.25. The lowest BCUT2D eigenvalue weighted by molar-refractivity contribution is 0.667. The van der Waals surface area contributed by atoms with Crippen molar-refractivity contribution >= 4 is 23.3 Å². The molecule has 3 heteroatoms. The smallest absolute Gasteiger partial charge is 0.0664 e. The summed E-state index contributed by atoms with van der Waals surface area (Å²) in [5.41, 5.74) is 15.9. The first-order valence-corrected chi connectivity index (χ1v) is 10.6. The molecule has 3 N–H and O–H groups in total. The molecular formula is C26H33N3. The van der Waals surface area contributed by atoms with Gasteiger partial charge in [-0.1, -0.05) is 52.1 Å². The molecule has 0 radical (unpaired) electrons. The molecule has 152 valence electrons. The van der Waals surface area contributed by atoms with Gasteiger partial charge in [0.2, 0.25) is 0 Å². The van der Waals surface area contributed by atoms with Crippen molar-refractivity contribution in [3.05, 3.63) is 65.9 Å². The largest absolute Gasteiger partial charge is 0.399 e. The Bertz CT molecular complexity index is 968. The minimum Gasteiger partial charge on any atom is -0.399 e. The molecule has 0 saturated heterocycles. The monoisotopic (exact) mass is 387 g/mol. The number of hydrogen-bond donors (Lipinski definition) is 2. The average Bonchev–Trinajstić information content (AvgIpc) is 2.72. The fourth-order valence-corrected chi connectivity index (χ4v) is 4.25. The second kappa shape index (κ2) is 8.69. The van der Waals surface area contributed by atoms with Crippen molar-refractivity contribution in [2.75, 3.05) is 5.32 Å². The van der Waals surface area contributed by atoms with Gasteiger partial charge in [-0.15, -0.1) is 0 Å². The van der Waals surface area contributed by atoms with Gasteiger partial charge in [0.15, 0.2) is 0 Å².